The second kappa shape index (κ2) is 39.6. The molecule has 0 saturated heterocycles. The second-order valence-corrected chi connectivity index (χ2v) is 10.4. The van der Waals surface area contributed by atoms with Gasteiger partial charge in [-0.1, -0.05) is 136 Å². The van der Waals surface area contributed by atoms with Gasteiger partial charge in [0.05, 0.1) is 0 Å². The maximum absolute atomic E-state index is 10.3. The highest BCUT2D eigenvalue weighted by atomic mass is 16.4. The van der Waals surface area contributed by atoms with Crippen molar-refractivity contribution < 1.29 is 19.8 Å². The van der Waals surface area contributed by atoms with E-state index >= 15 is 0 Å². The maximum atomic E-state index is 10.3. The maximum Gasteiger partial charge on any atom is 0.303 e. The zero-order valence-electron chi connectivity index (χ0n) is 27.8. The fourth-order valence-corrected chi connectivity index (χ4v) is 3.67. The predicted molar refractivity (Wildman–Crippen MR) is 192 cm³/mol. The van der Waals surface area contributed by atoms with Crippen LogP contribution in [0.3, 0.4) is 0 Å². The summed E-state index contributed by atoms with van der Waals surface area (Å²) in [4.78, 5) is 20.6. The molecule has 0 aliphatic rings. The molecule has 4 nitrogen and oxygen atoms in total. The molecule has 0 rings (SSSR count). The van der Waals surface area contributed by atoms with E-state index in [1.54, 1.807) is 0 Å². The summed E-state index contributed by atoms with van der Waals surface area (Å²) < 4.78 is 0. The molecule has 0 saturated carbocycles. The van der Waals surface area contributed by atoms with Crippen LogP contribution in [0.4, 0.5) is 0 Å². The Hall–Kier alpha value is -3.40. The highest BCUT2D eigenvalue weighted by Gasteiger charge is 1.94. The first-order chi connectivity index (χ1) is 21.5. The first-order valence-electron chi connectivity index (χ1n) is 16.8. The van der Waals surface area contributed by atoms with Gasteiger partial charge >= 0.3 is 11.9 Å². The minimum absolute atomic E-state index is 0.210. The van der Waals surface area contributed by atoms with Crippen molar-refractivity contribution in [3.05, 3.63) is 109 Å². The van der Waals surface area contributed by atoms with Crippen LogP contribution in [-0.2, 0) is 9.59 Å². The molecule has 0 aromatic heterocycles. The number of unbranched alkanes of at least 4 members (excludes halogenated alkanes) is 5. The van der Waals surface area contributed by atoms with Gasteiger partial charge in [-0.15, -0.1) is 0 Å². The summed E-state index contributed by atoms with van der Waals surface area (Å²) in [5.41, 5.74) is 0. The van der Waals surface area contributed by atoms with Crippen molar-refractivity contribution in [2.45, 2.75) is 129 Å². The van der Waals surface area contributed by atoms with Crippen molar-refractivity contribution in [2.75, 3.05) is 0 Å². The summed E-state index contributed by atoms with van der Waals surface area (Å²) in [6.07, 6.45) is 55.8. The fraction of sp³-hybridized carbons (Fsp3) is 0.500. The number of rotatable bonds is 27. The summed E-state index contributed by atoms with van der Waals surface area (Å²) >= 11 is 0. The van der Waals surface area contributed by atoms with Crippen molar-refractivity contribution in [1.29, 1.82) is 0 Å². The molecule has 0 amide bonds. The summed E-state index contributed by atoms with van der Waals surface area (Å²) in [6, 6.07) is 0. The topological polar surface area (TPSA) is 74.6 Å². The van der Waals surface area contributed by atoms with Gasteiger partial charge < -0.3 is 10.2 Å². The molecule has 0 heterocycles. The lowest BCUT2D eigenvalue weighted by molar-refractivity contribution is -0.138. The van der Waals surface area contributed by atoms with Crippen LogP contribution in [0, 0.1) is 0 Å². The van der Waals surface area contributed by atoms with Crippen LogP contribution in [0.25, 0.3) is 0 Å². The number of carboxylic acid groups (broad SMARTS) is 2. The van der Waals surface area contributed by atoms with Gasteiger partial charge in [0.15, 0.2) is 0 Å². The van der Waals surface area contributed by atoms with E-state index in [4.69, 9.17) is 10.2 Å². The Kier molecular flexibility index (Phi) is 38.5. The zero-order chi connectivity index (χ0) is 32.6. The largest absolute Gasteiger partial charge is 0.481 e. The Morgan fingerprint density at radius 3 is 1.05 bits per heavy atom. The van der Waals surface area contributed by atoms with E-state index in [-0.39, 0.29) is 6.42 Å². The van der Waals surface area contributed by atoms with Crippen molar-refractivity contribution in [1.82, 2.24) is 0 Å². The monoisotopic (exact) mass is 606 g/mol. The van der Waals surface area contributed by atoms with Gasteiger partial charge in [-0.25, -0.2) is 0 Å². The number of carboxylic acids is 2. The van der Waals surface area contributed by atoms with Crippen LogP contribution in [0.5, 0.6) is 0 Å². The van der Waals surface area contributed by atoms with E-state index in [2.05, 4.69) is 111 Å². The van der Waals surface area contributed by atoms with Crippen LogP contribution in [-0.4, -0.2) is 22.2 Å². The number of allylic oxidation sites excluding steroid dienone is 18. The quantitative estimate of drug-likeness (QED) is 0.0720. The van der Waals surface area contributed by atoms with Crippen LogP contribution in [0.15, 0.2) is 109 Å². The Morgan fingerprint density at radius 2 is 0.705 bits per heavy atom. The number of carbonyl (C=O) groups is 2. The van der Waals surface area contributed by atoms with E-state index in [1.807, 2.05) is 12.2 Å². The van der Waals surface area contributed by atoms with Crippen molar-refractivity contribution in [3.63, 3.8) is 0 Å². The highest BCUT2D eigenvalue weighted by molar-refractivity contribution is 5.67. The van der Waals surface area contributed by atoms with E-state index in [0.717, 1.165) is 70.6 Å². The van der Waals surface area contributed by atoms with Crippen LogP contribution < -0.4 is 0 Å². The van der Waals surface area contributed by atoms with Gasteiger partial charge in [0.2, 0.25) is 0 Å². The van der Waals surface area contributed by atoms with Gasteiger partial charge in [-0.05, 0) is 89.9 Å². The first kappa shape index (κ1) is 42.7. The van der Waals surface area contributed by atoms with Gasteiger partial charge in [0, 0.05) is 12.8 Å². The van der Waals surface area contributed by atoms with Gasteiger partial charge in [-0.2, -0.15) is 0 Å². The molecule has 0 aliphatic heterocycles. The molecule has 0 aromatic rings. The molecule has 2 N–H and O–H groups in total. The summed E-state index contributed by atoms with van der Waals surface area (Å²) in [5.74, 6) is -1.44. The molecule has 0 aliphatic carbocycles. The summed E-state index contributed by atoms with van der Waals surface area (Å²) in [5, 5.41) is 17.0. The lowest BCUT2D eigenvalue weighted by Crippen LogP contribution is -1.92. The summed E-state index contributed by atoms with van der Waals surface area (Å²) in [6.45, 7) is 4.38. The molecule has 0 aromatic carbocycles. The first-order valence-corrected chi connectivity index (χ1v) is 16.8. The third kappa shape index (κ3) is 45.6. The predicted octanol–water partition coefficient (Wildman–Crippen LogP) is 12.2. The van der Waals surface area contributed by atoms with E-state index in [0.29, 0.717) is 12.8 Å². The average Bonchev–Trinajstić information content (AvgIpc) is 3.00. The molecule has 0 radical (unpaired) electrons. The molecular formula is C40H62O4. The van der Waals surface area contributed by atoms with Crippen molar-refractivity contribution in [2.24, 2.45) is 0 Å². The SMILES string of the molecule is CC/C=C\C/C=C\C/C=C\C/C=C\C/C=C\C/C=C\CCC(=O)O.CCCCC/C=C\C/C=C\C/C=C\CCCCC(=O)O. The van der Waals surface area contributed by atoms with E-state index in [1.165, 1.54) is 25.7 Å². The van der Waals surface area contributed by atoms with Crippen molar-refractivity contribution >= 4 is 11.9 Å². The molecular weight excluding hydrogens is 544 g/mol. The minimum Gasteiger partial charge on any atom is -0.481 e. The fourth-order valence-electron chi connectivity index (χ4n) is 3.67. The normalized spacial score (nSPS) is 12.6. The highest BCUT2D eigenvalue weighted by Crippen LogP contribution is 2.03. The molecule has 0 atom stereocenters. The Bertz CT molecular complexity index is 910. The van der Waals surface area contributed by atoms with Gasteiger partial charge in [0.1, 0.15) is 0 Å². The Labute approximate surface area is 270 Å². The van der Waals surface area contributed by atoms with Crippen molar-refractivity contribution in [3.8, 4) is 0 Å². The van der Waals surface area contributed by atoms with Gasteiger partial charge in [-0.3, -0.25) is 9.59 Å². The van der Waals surface area contributed by atoms with Crippen LogP contribution in [0.1, 0.15) is 129 Å². The molecule has 44 heavy (non-hydrogen) atoms. The lowest BCUT2D eigenvalue weighted by atomic mass is 10.2. The molecule has 0 fully saturated rings. The van der Waals surface area contributed by atoms with E-state index < -0.39 is 11.9 Å². The Morgan fingerprint density at radius 1 is 0.386 bits per heavy atom. The number of hydrogen-bond acceptors (Lipinski definition) is 2. The molecule has 0 unspecified atom stereocenters. The number of aliphatic carboxylic acids is 2. The summed E-state index contributed by atoms with van der Waals surface area (Å²) in [7, 11) is 0. The lowest BCUT2D eigenvalue weighted by Gasteiger charge is -1.92. The molecule has 0 bridgehead atoms. The molecule has 246 valence electrons. The third-order valence-electron chi connectivity index (χ3n) is 6.15. The second-order valence-electron chi connectivity index (χ2n) is 10.4. The molecule has 4 heteroatoms. The molecule has 0 spiro atoms. The third-order valence-corrected chi connectivity index (χ3v) is 6.15. The standard InChI is InChI=1S/C22H32O2.C18H30O2/c1-2-3-4-5-6-7-8-9-10-11-12-13-14-15-16-17-18-19-20-21-22(23)24;1-2-3-4-5-6-7-8-9-10-11-12-13-14-15-16-17-18(19)20/h3-4,6-7,9-10,12-13,15-16,18-19H,2,5,8,11,14,17,20-21H2,1H3,(H,23,24);6-7,9-10,12-13H,2-5,8,11,14-17H2,1H3,(H,19,20)/b4-3-,7-6-,10-9-,13-12-,16-15-,19-18-;7-6-,10-9-,13-12-. The smallest absolute Gasteiger partial charge is 0.303 e. The van der Waals surface area contributed by atoms with E-state index in [9.17, 15) is 9.59 Å². The minimum atomic E-state index is -0.741. The average molecular weight is 607 g/mol. The van der Waals surface area contributed by atoms with Crippen LogP contribution in [0.2, 0.25) is 0 Å². The van der Waals surface area contributed by atoms with Gasteiger partial charge in [0.25, 0.3) is 0 Å². The number of hydrogen-bond donors (Lipinski definition) is 2. The zero-order valence-corrected chi connectivity index (χ0v) is 27.8. The van der Waals surface area contributed by atoms with Crippen LogP contribution >= 0.6 is 0 Å². The Balaban J connectivity index is 0.